The van der Waals surface area contributed by atoms with E-state index in [1.54, 1.807) is 0 Å². The molecule has 2 atom stereocenters. The Morgan fingerprint density at radius 2 is 2.12 bits per heavy atom. The van der Waals surface area contributed by atoms with Crippen molar-refractivity contribution in [3.05, 3.63) is 53.2 Å². The number of aryl methyl sites for hydroxylation is 2. The number of likely N-dealkylation sites (tertiary alicyclic amines) is 1. The normalized spacial score (nSPS) is 25.2. The van der Waals surface area contributed by atoms with Crippen LogP contribution < -0.4 is 5.32 Å². The summed E-state index contributed by atoms with van der Waals surface area (Å²) < 4.78 is 5.57. The fourth-order valence-electron chi connectivity index (χ4n) is 4.48. The van der Waals surface area contributed by atoms with E-state index < -0.39 is 0 Å². The number of aromatic nitrogens is 1. The van der Waals surface area contributed by atoms with E-state index in [4.69, 9.17) is 4.42 Å². The highest BCUT2D eigenvalue weighted by molar-refractivity contribution is 5.76. The molecule has 0 bridgehead atoms. The van der Waals surface area contributed by atoms with Crippen LogP contribution in [-0.4, -0.2) is 22.5 Å². The largest absolute Gasteiger partial charge is 0.444 e. The number of fused-ring (bicyclic) bond motifs is 1. The number of carbonyl (C=O) groups excluding carboxylic acids is 1. The fourth-order valence-corrected chi connectivity index (χ4v) is 4.48. The molecular formula is C20H25N3O2. The molecule has 0 radical (unpaired) electrons. The third kappa shape index (κ3) is 2.62. The van der Waals surface area contributed by atoms with E-state index in [9.17, 15) is 4.79 Å². The molecule has 1 aromatic carbocycles. The van der Waals surface area contributed by atoms with E-state index in [0.717, 1.165) is 24.4 Å². The summed E-state index contributed by atoms with van der Waals surface area (Å²) >= 11 is 0. The predicted octanol–water partition coefficient (Wildman–Crippen LogP) is 3.90. The Balaban J connectivity index is 1.52. The average Bonchev–Trinajstić information content (AvgIpc) is 2.93. The van der Waals surface area contributed by atoms with Crippen LogP contribution in [0.15, 0.2) is 34.7 Å². The number of nitrogens with one attached hydrogen (secondary N) is 1. The van der Waals surface area contributed by atoms with Gasteiger partial charge in [-0.15, -0.1) is 0 Å². The van der Waals surface area contributed by atoms with Crippen LogP contribution in [0.2, 0.25) is 0 Å². The van der Waals surface area contributed by atoms with E-state index >= 15 is 0 Å². The molecular weight excluding hydrogens is 314 g/mol. The van der Waals surface area contributed by atoms with Gasteiger partial charge in [-0.3, -0.25) is 0 Å². The molecule has 5 heteroatoms. The Kier molecular flexibility index (Phi) is 4.02. The molecule has 2 heterocycles. The van der Waals surface area contributed by atoms with Gasteiger partial charge < -0.3 is 14.6 Å². The second kappa shape index (κ2) is 6.21. The van der Waals surface area contributed by atoms with Crippen molar-refractivity contribution in [1.82, 2.24) is 15.2 Å². The fraction of sp³-hybridized carbons (Fsp3) is 0.500. The Hall–Kier alpha value is -2.30. The highest BCUT2D eigenvalue weighted by Crippen LogP contribution is 2.53. The summed E-state index contributed by atoms with van der Waals surface area (Å²) in [5.74, 6) is 1.94. The lowest BCUT2D eigenvalue weighted by Crippen LogP contribution is -2.69. The van der Waals surface area contributed by atoms with Crippen molar-refractivity contribution >= 4 is 6.03 Å². The van der Waals surface area contributed by atoms with Gasteiger partial charge in [0.25, 0.3) is 0 Å². The predicted molar refractivity (Wildman–Crippen MR) is 95.0 cm³/mol. The first kappa shape index (κ1) is 16.2. The molecule has 1 aliphatic carbocycles. The second-order valence-electron chi connectivity index (χ2n) is 7.25. The van der Waals surface area contributed by atoms with Crippen molar-refractivity contribution < 1.29 is 9.21 Å². The van der Waals surface area contributed by atoms with Crippen LogP contribution in [0, 0.1) is 19.8 Å². The van der Waals surface area contributed by atoms with Crippen LogP contribution >= 0.6 is 0 Å². The first-order valence-corrected chi connectivity index (χ1v) is 9.15. The molecule has 1 saturated heterocycles. The Bertz CT molecular complexity index is 751. The molecule has 0 spiro atoms. The highest BCUT2D eigenvalue weighted by atomic mass is 16.4. The third-order valence-corrected chi connectivity index (χ3v) is 5.90. The number of urea groups is 1. The van der Waals surface area contributed by atoms with Gasteiger partial charge in [0.2, 0.25) is 5.89 Å². The van der Waals surface area contributed by atoms with Crippen molar-refractivity contribution in [1.29, 1.82) is 0 Å². The summed E-state index contributed by atoms with van der Waals surface area (Å²) in [6, 6.07) is 10.5. The monoisotopic (exact) mass is 339 g/mol. The number of benzene rings is 1. The summed E-state index contributed by atoms with van der Waals surface area (Å²) in [6.07, 6.45) is 4.69. The van der Waals surface area contributed by atoms with Crippen LogP contribution in [-0.2, 0) is 12.1 Å². The number of hydrogen-bond donors (Lipinski definition) is 1. The van der Waals surface area contributed by atoms with Crippen molar-refractivity contribution in [2.45, 2.75) is 51.6 Å². The minimum atomic E-state index is -0.133. The van der Waals surface area contributed by atoms with E-state index in [1.165, 1.54) is 24.8 Å². The van der Waals surface area contributed by atoms with Gasteiger partial charge in [0, 0.05) is 12.5 Å². The molecule has 25 heavy (non-hydrogen) atoms. The number of rotatable bonds is 3. The summed E-state index contributed by atoms with van der Waals surface area (Å²) in [5, 5.41) is 3.00. The van der Waals surface area contributed by atoms with Crippen molar-refractivity contribution in [3.63, 3.8) is 0 Å². The molecule has 132 valence electrons. The molecule has 2 aromatic rings. The number of carbonyl (C=O) groups is 1. The van der Waals surface area contributed by atoms with E-state index in [-0.39, 0.29) is 11.6 Å². The van der Waals surface area contributed by atoms with Gasteiger partial charge in [-0.1, -0.05) is 43.2 Å². The Morgan fingerprint density at radius 3 is 2.80 bits per heavy atom. The van der Waals surface area contributed by atoms with Crippen LogP contribution in [0.25, 0.3) is 0 Å². The first-order chi connectivity index (χ1) is 12.1. The van der Waals surface area contributed by atoms with Crippen molar-refractivity contribution in [2.24, 2.45) is 5.92 Å². The molecule has 5 nitrogen and oxygen atoms in total. The molecule has 2 amide bonds. The van der Waals surface area contributed by atoms with Crippen molar-refractivity contribution in [2.75, 3.05) is 6.54 Å². The zero-order chi connectivity index (χ0) is 17.4. The minimum absolute atomic E-state index is 0.0180. The lowest BCUT2D eigenvalue weighted by molar-refractivity contribution is -0.0795. The van der Waals surface area contributed by atoms with E-state index in [1.807, 2.05) is 24.8 Å². The average molecular weight is 339 g/mol. The maximum Gasteiger partial charge on any atom is 0.318 e. The molecule has 2 fully saturated rings. The number of amides is 2. The van der Waals surface area contributed by atoms with Crippen LogP contribution in [0.4, 0.5) is 4.79 Å². The zero-order valence-corrected chi connectivity index (χ0v) is 14.9. The highest BCUT2D eigenvalue weighted by Gasteiger charge is 2.56. The zero-order valence-electron chi connectivity index (χ0n) is 14.9. The van der Waals surface area contributed by atoms with Crippen LogP contribution in [0.5, 0.6) is 0 Å². The lowest BCUT2D eigenvalue weighted by Gasteiger charge is -2.61. The molecule has 0 unspecified atom stereocenters. The van der Waals surface area contributed by atoms with E-state index in [0.29, 0.717) is 18.4 Å². The SMILES string of the molecule is Cc1nc(CNC(=O)N2C[C@H]3CCCC[C@]32c2ccccc2)oc1C. The van der Waals surface area contributed by atoms with Crippen LogP contribution in [0.3, 0.4) is 0 Å². The Labute approximate surface area is 148 Å². The van der Waals surface area contributed by atoms with Gasteiger partial charge in [-0.2, -0.15) is 0 Å². The topological polar surface area (TPSA) is 58.4 Å². The smallest absolute Gasteiger partial charge is 0.318 e. The number of oxazole rings is 1. The van der Waals surface area contributed by atoms with Crippen molar-refractivity contribution in [3.8, 4) is 0 Å². The van der Waals surface area contributed by atoms with Gasteiger partial charge in [-0.05, 0) is 32.3 Å². The summed E-state index contributed by atoms with van der Waals surface area (Å²) in [4.78, 5) is 19.2. The van der Waals surface area contributed by atoms with Gasteiger partial charge in [-0.25, -0.2) is 9.78 Å². The molecule has 1 aromatic heterocycles. The van der Waals surface area contributed by atoms with Gasteiger partial charge in [0.1, 0.15) is 5.76 Å². The third-order valence-electron chi connectivity index (χ3n) is 5.90. The maximum atomic E-state index is 12.9. The molecule has 1 N–H and O–H groups in total. The minimum Gasteiger partial charge on any atom is -0.444 e. The molecule has 4 rings (SSSR count). The quantitative estimate of drug-likeness (QED) is 0.922. The van der Waals surface area contributed by atoms with Crippen LogP contribution in [0.1, 0.15) is 48.6 Å². The summed E-state index contributed by atoms with van der Waals surface area (Å²) in [7, 11) is 0. The first-order valence-electron chi connectivity index (χ1n) is 9.15. The second-order valence-corrected chi connectivity index (χ2v) is 7.25. The van der Waals surface area contributed by atoms with Gasteiger partial charge in [0.05, 0.1) is 17.8 Å². The maximum absolute atomic E-state index is 12.9. The summed E-state index contributed by atoms with van der Waals surface area (Å²) in [6.45, 7) is 4.97. The molecule has 1 saturated carbocycles. The number of hydrogen-bond acceptors (Lipinski definition) is 3. The molecule has 2 aliphatic rings. The molecule has 1 aliphatic heterocycles. The van der Waals surface area contributed by atoms with Gasteiger partial charge in [0.15, 0.2) is 0 Å². The lowest BCUT2D eigenvalue weighted by atomic mass is 9.62. The van der Waals surface area contributed by atoms with Gasteiger partial charge >= 0.3 is 6.03 Å². The Morgan fingerprint density at radius 1 is 1.32 bits per heavy atom. The number of nitrogens with zero attached hydrogens (tertiary/aromatic N) is 2. The summed E-state index contributed by atoms with van der Waals surface area (Å²) in [5.41, 5.74) is 2.01. The van der Waals surface area contributed by atoms with E-state index in [2.05, 4.69) is 34.6 Å². The standard InChI is InChI=1S/C20H25N3O2/c1-14-15(2)25-18(22-14)12-21-19(24)23-13-17-10-6-7-11-20(17,23)16-8-4-3-5-9-16/h3-5,8-9,17H,6-7,10-13H2,1-2H3,(H,21,24)/t17-,20+/m1/s1.